The highest BCUT2D eigenvalue weighted by atomic mass is 16.6. The lowest BCUT2D eigenvalue weighted by atomic mass is 9.77. The summed E-state index contributed by atoms with van der Waals surface area (Å²) in [6.07, 6.45) is 0.113. The third-order valence-corrected chi connectivity index (χ3v) is 4.82. The van der Waals surface area contributed by atoms with Crippen molar-refractivity contribution in [3.63, 3.8) is 0 Å². The lowest BCUT2D eigenvalue weighted by Crippen LogP contribution is -2.62. The molecule has 0 saturated carbocycles. The van der Waals surface area contributed by atoms with E-state index in [9.17, 15) is 14.4 Å². The molecule has 1 aromatic rings. The first-order valence-electron chi connectivity index (χ1n) is 9.08. The molecule has 1 heterocycles. The molecule has 2 rings (SSSR count). The van der Waals surface area contributed by atoms with Gasteiger partial charge in [0.1, 0.15) is 0 Å². The molecule has 0 aliphatic carbocycles. The van der Waals surface area contributed by atoms with E-state index in [0.29, 0.717) is 0 Å². The summed E-state index contributed by atoms with van der Waals surface area (Å²) in [7, 11) is 0. The van der Waals surface area contributed by atoms with Gasteiger partial charge in [0, 0.05) is 18.9 Å². The van der Waals surface area contributed by atoms with Gasteiger partial charge in [0.15, 0.2) is 0 Å². The maximum atomic E-state index is 13.0. The van der Waals surface area contributed by atoms with Gasteiger partial charge in [0.2, 0.25) is 11.4 Å². The Hall–Kier alpha value is -2.37. The molecule has 0 radical (unpaired) electrons. The van der Waals surface area contributed by atoms with Crippen molar-refractivity contribution >= 4 is 17.8 Å². The van der Waals surface area contributed by atoms with Crippen molar-refractivity contribution in [2.45, 2.75) is 46.2 Å². The molecule has 1 saturated heterocycles. The van der Waals surface area contributed by atoms with Crippen LogP contribution in [0.2, 0.25) is 0 Å². The number of rotatable bonds is 7. The number of ether oxygens (including phenoxy) is 2. The Bertz CT molecular complexity index is 637. The van der Waals surface area contributed by atoms with Gasteiger partial charge in [0.25, 0.3) is 0 Å². The van der Waals surface area contributed by atoms with Gasteiger partial charge in [-0.05, 0) is 25.3 Å². The lowest BCUT2D eigenvalue weighted by Gasteiger charge is -2.38. The zero-order valence-electron chi connectivity index (χ0n) is 15.9. The van der Waals surface area contributed by atoms with Crippen LogP contribution in [-0.2, 0) is 30.4 Å². The molecule has 1 amide bonds. The number of hydrogen-bond donors (Lipinski definition) is 0. The van der Waals surface area contributed by atoms with Gasteiger partial charge >= 0.3 is 11.9 Å². The van der Waals surface area contributed by atoms with E-state index in [0.717, 1.165) is 5.56 Å². The number of benzene rings is 1. The van der Waals surface area contributed by atoms with E-state index in [1.165, 1.54) is 4.90 Å². The predicted molar refractivity (Wildman–Crippen MR) is 95.9 cm³/mol. The van der Waals surface area contributed by atoms with Crippen molar-refractivity contribution in [2.24, 2.45) is 11.8 Å². The van der Waals surface area contributed by atoms with Crippen LogP contribution in [0.25, 0.3) is 0 Å². The molecule has 142 valence electrons. The van der Waals surface area contributed by atoms with Crippen LogP contribution in [0, 0.1) is 11.8 Å². The molecule has 1 atom stereocenters. The number of esters is 2. The van der Waals surface area contributed by atoms with Gasteiger partial charge in [-0.2, -0.15) is 0 Å². The van der Waals surface area contributed by atoms with E-state index < -0.39 is 23.4 Å². The molecule has 1 aromatic carbocycles. The number of amides is 1. The van der Waals surface area contributed by atoms with Gasteiger partial charge < -0.3 is 14.4 Å². The summed E-state index contributed by atoms with van der Waals surface area (Å²) in [5, 5.41) is 0. The summed E-state index contributed by atoms with van der Waals surface area (Å²) in [5.41, 5.74) is -0.907. The Morgan fingerprint density at radius 1 is 1.12 bits per heavy atom. The second-order valence-electron chi connectivity index (χ2n) is 6.73. The van der Waals surface area contributed by atoms with Crippen LogP contribution in [0.5, 0.6) is 0 Å². The Morgan fingerprint density at radius 2 is 1.65 bits per heavy atom. The van der Waals surface area contributed by atoms with Gasteiger partial charge in [-0.25, -0.2) is 9.59 Å². The molecule has 0 bridgehead atoms. The summed E-state index contributed by atoms with van der Waals surface area (Å²) in [5.74, 6) is -2.24. The number of likely N-dealkylation sites (tertiary alicyclic amines) is 1. The average Bonchev–Trinajstić information content (AvgIpc) is 2.90. The van der Waals surface area contributed by atoms with Crippen LogP contribution in [-0.4, -0.2) is 41.5 Å². The Kier molecular flexibility index (Phi) is 6.40. The summed E-state index contributed by atoms with van der Waals surface area (Å²) in [6, 6.07) is 9.29. The highest BCUT2D eigenvalue weighted by Gasteiger charge is 2.65. The molecule has 0 spiro atoms. The van der Waals surface area contributed by atoms with E-state index in [2.05, 4.69) is 0 Å². The maximum absolute atomic E-state index is 13.0. The summed E-state index contributed by atoms with van der Waals surface area (Å²) in [6.45, 7) is 7.56. The van der Waals surface area contributed by atoms with Gasteiger partial charge in [-0.1, -0.05) is 44.2 Å². The van der Waals surface area contributed by atoms with Crippen molar-refractivity contribution in [3.8, 4) is 0 Å². The number of hydrogen-bond acceptors (Lipinski definition) is 5. The minimum atomic E-state index is -1.74. The first-order valence-corrected chi connectivity index (χ1v) is 9.08. The predicted octanol–water partition coefficient (Wildman–Crippen LogP) is 2.56. The zero-order valence-corrected chi connectivity index (χ0v) is 15.9. The normalized spacial score (nSPS) is 18.9. The van der Waals surface area contributed by atoms with Crippen LogP contribution in [0.1, 0.15) is 39.7 Å². The molecule has 6 nitrogen and oxygen atoms in total. The first kappa shape index (κ1) is 19.9. The SMILES string of the molecule is CCOC(=O)C1(C(=O)OCC)C(C(C)C)CC(=O)N1Cc1ccccc1. The topological polar surface area (TPSA) is 72.9 Å². The molecule has 1 unspecified atom stereocenters. The lowest BCUT2D eigenvalue weighted by molar-refractivity contribution is -0.179. The molecule has 26 heavy (non-hydrogen) atoms. The molecule has 1 fully saturated rings. The minimum absolute atomic E-state index is 0.0754. The first-order chi connectivity index (χ1) is 12.4. The summed E-state index contributed by atoms with van der Waals surface area (Å²) < 4.78 is 10.5. The van der Waals surface area contributed by atoms with E-state index in [1.807, 2.05) is 44.2 Å². The van der Waals surface area contributed by atoms with Crippen molar-refractivity contribution in [2.75, 3.05) is 13.2 Å². The van der Waals surface area contributed by atoms with E-state index in [1.54, 1.807) is 13.8 Å². The Labute approximate surface area is 154 Å². The highest BCUT2D eigenvalue weighted by Crippen LogP contribution is 2.43. The van der Waals surface area contributed by atoms with Crippen LogP contribution < -0.4 is 0 Å². The third-order valence-electron chi connectivity index (χ3n) is 4.82. The Morgan fingerprint density at radius 3 is 2.12 bits per heavy atom. The molecule has 6 heteroatoms. The molecule has 1 aliphatic rings. The van der Waals surface area contributed by atoms with Crippen molar-refractivity contribution in [1.29, 1.82) is 0 Å². The fourth-order valence-electron chi connectivity index (χ4n) is 3.63. The molecule has 0 aromatic heterocycles. The van der Waals surface area contributed by atoms with E-state index in [4.69, 9.17) is 9.47 Å². The number of carbonyl (C=O) groups is 3. The van der Waals surface area contributed by atoms with Crippen LogP contribution >= 0.6 is 0 Å². The maximum Gasteiger partial charge on any atom is 0.344 e. The van der Waals surface area contributed by atoms with Gasteiger partial charge in [-0.15, -0.1) is 0 Å². The average molecular weight is 361 g/mol. The fraction of sp³-hybridized carbons (Fsp3) is 0.550. The Balaban J connectivity index is 2.57. The second-order valence-corrected chi connectivity index (χ2v) is 6.73. The number of nitrogens with zero attached hydrogens (tertiary/aromatic N) is 1. The van der Waals surface area contributed by atoms with Crippen LogP contribution in [0.3, 0.4) is 0 Å². The second kappa shape index (κ2) is 8.34. The van der Waals surface area contributed by atoms with Crippen molar-refractivity contribution < 1.29 is 23.9 Å². The smallest absolute Gasteiger partial charge is 0.344 e. The quantitative estimate of drug-likeness (QED) is 0.551. The van der Waals surface area contributed by atoms with Gasteiger partial charge in [0.05, 0.1) is 13.2 Å². The van der Waals surface area contributed by atoms with E-state index in [-0.39, 0.29) is 38.0 Å². The standard InChI is InChI=1S/C20H27NO5/c1-5-25-18(23)20(19(24)26-6-2)16(14(3)4)12-17(22)21(20)13-15-10-8-7-9-11-15/h7-11,14,16H,5-6,12-13H2,1-4H3. The van der Waals surface area contributed by atoms with Crippen molar-refractivity contribution in [1.82, 2.24) is 4.90 Å². The summed E-state index contributed by atoms with van der Waals surface area (Å²) >= 11 is 0. The van der Waals surface area contributed by atoms with Gasteiger partial charge in [-0.3, -0.25) is 4.79 Å². The zero-order chi connectivity index (χ0) is 19.3. The molecular weight excluding hydrogens is 334 g/mol. The summed E-state index contributed by atoms with van der Waals surface area (Å²) in [4.78, 5) is 40.2. The third kappa shape index (κ3) is 3.45. The molecule has 1 aliphatic heterocycles. The molecule has 0 N–H and O–H groups in total. The fourth-order valence-corrected chi connectivity index (χ4v) is 3.63. The van der Waals surface area contributed by atoms with Crippen LogP contribution in [0.15, 0.2) is 30.3 Å². The molecular formula is C20H27NO5. The largest absolute Gasteiger partial charge is 0.464 e. The number of carbonyl (C=O) groups excluding carboxylic acids is 3. The minimum Gasteiger partial charge on any atom is -0.464 e. The van der Waals surface area contributed by atoms with Crippen LogP contribution in [0.4, 0.5) is 0 Å². The van der Waals surface area contributed by atoms with Crippen molar-refractivity contribution in [3.05, 3.63) is 35.9 Å². The van der Waals surface area contributed by atoms with E-state index >= 15 is 0 Å². The monoisotopic (exact) mass is 361 g/mol. The highest BCUT2D eigenvalue weighted by molar-refractivity contribution is 6.10.